The highest BCUT2D eigenvalue weighted by Gasteiger charge is 2.27. The molecule has 0 amide bonds. The molecule has 3 rings (SSSR count). The van der Waals surface area contributed by atoms with E-state index in [1.807, 2.05) is 0 Å². The number of likely N-dealkylation sites (N-methyl/N-ethyl adjacent to an activating group) is 1. The lowest BCUT2D eigenvalue weighted by molar-refractivity contribution is 0.289. The summed E-state index contributed by atoms with van der Waals surface area (Å²) in [4.78, 5) is 13.3. The third kappa shape index (κ3) is 3.05. The minimum absolute atomic E-state index is 0.316. The van der Waals surface area contributed by atoms with E-state index in [1.165, 1.54) is 17.7 Å². The van der Waals surface area contributed by atoms with Crippen LogP contribution in [0.4, 0.5) is 5.82 Å². The summed E-state index contributed by atoms with van der Waals surface area (Å²) in [5, 5.41) is 4.81. The zero-order valence-electron chi connectivity index (χ0n) is 11.8. The van der Waals surface area contributed by atoms with Crippen LogP contribution >= 0.6 is 22.9 Å². The van der Waals surface area contributed by atoms with Gasteiger partial charge in [0.15, 0.2) is 0 Å². The molecule has 108 valence electrons. The second-order valence-electron chi connectivity index (χ2n) is 5.20. The van der Waals surface area contributed by atoms with E-state index in [9.17, 15) is 0 Å². The number of nitrogens with zero attached hydrogens (tertiary/aromatic N) is 3. The van der Waals surface area contributed by atoms with Crippen molar-refractivity contribution >= 4 is 39.0 Å². The number of halogens is 1. The predicted octanol–water partition coefficient (Wildman–Crippen LogP) is 3.55. The first-order chi connectivity index (χ1) is 9.67. The summed E-state index contributed by atoms with van der Waals surface area (Å²) in [5.41, 5.74) is 0. The second-order valence-corrected chi connectivity index (χ2v) is 6.78. The Morgan fingerprint density at radius 1 is 1.45 bits per heavy atom. The van der Waals surface area contributed by atoms with Crippen LogP contribution < -0.4 is 5.32 Å². The number of aryl methyl sites for hydroxylation is 1. The van der Waals surface area contributed by atoms with Crippen molar-refractivity contribution in [2.45, 2.75) is 32.7 Å². The first-order valence-electron chi connectivity index (χ1n) is 7.09. The summed E-state index contributed by atoms with van der Waals surface area (Å²) >= 11 is 7.65. The van der Waals surface area contributed by atoms with Crippen LogP contribution in [0.15, 0.2) is 6.07 Å². The smallest absolute Gasteiger partial charge is 0.225 e. The van der Waals surface area contributed by atoms with Gasteiger partial charge in [-0.2, -0.15) is 0 Å². The van der Waals surface area contributed by atoms with Crippen molar-refractivity contribution in [2.75, 3.05) is 25.0 Å². The normalized spacial score (nSPS) is 15.2. The molecule has 20 heavy (non-hydrogen) atoms. The first kappa shape index (κ1) is 14.0. The molecule has 4 nitrogen and oxygen atoms in total. The lowest BCUT2D eigenvalue weighted by Crippen LogP contribution is -2.31. The Bertz CT molecular complexity index is 608. The molecule has 0 unspecified atom stereocenters. The van der Waals surface area contributed by atoms with Crippen LogP contribution in [-0.2, 0) is 0 Å². The molecule has 0 aromatic carbocycles. The number of hydrogen-bond donors (Lipinski definition) is 1. The highest BCUT2D eigenvalue weighted by atomic mass is 35.5. The minimum Gasteiger partial charge on any atom is -0.368 e. The van der Waals surface area contributed by atoms with Crippen LogP contribution in [0, 0.1) is 6.92 Å². The molecular weight excluding hydrogens is 292 g/mol. The van der Waals surface area contributed by atoms with Crippen LogP contribution in [0.5, 0.6) is 0 Å². The molecule has 0 aliphatic heterocycles. The number of rotatable bonds is 6. The number of anilines is 1. The number of nitrogens with one attached hydrogen (secondary N) is 1. The van der Waals surface area contributed by atoms with E-state index in [0.717, 1.165) is 41.7 Å². The third-order valence-electron chi connectivity index (χ3n) is 3.65. The van der Waals surface area contributed by atoms with Crippen molar-refractivity contribution < 1.29 is 0 Å². The van der Waals surface area contributed by atoms with E-state index in [1.54, 1.807) is 11.3 Å². The Hall–Kier alpha value is -0.910. The van der Waals surface area contributed by atoms with Crippen LogP contribution in [0.1, 0.15) is 24.6 Å². The Labute approximate surface area is 128 Å². The van der Waals surface area contributed by atoms with E-state index in [0.29, 0.717) is 5.28 Å². The summed E-state index contributed by atoms with van der Waals surface area (Å²) in [5.74, 6) is 0.858. The van der Waals surface area contributed by atoms with Crippen LogP contribution in [-0.4, -0.2) is 40.5 Å². The van der Waals surface area contributed by atoms with Crippen LogP contribution in [0.25, 0.3) is 10.2 Å². The van der Waals surface area contributed by atoms with Crippen molar-refractivity contribution in [3.05, 3.63) is 16.2 Å². The Balaban J connectivity index is 1.70. The van der Waals surface area contributed by atoms with Gasteiger partial charge in [-0.05, 0) is 44.0 Å². The molecule has 0 atom stereocenters. The summed E-state index contributed by atoms with van der Waals surface area (Å²) in [7, 11) is 0. The average molecular weight is 311 g/mol. The van der Waals surface area contributed by atoms with Gasteiger partial charge in [0.1, 0.15) is 10.6 Å². The van der Waals surface area contributed by atoms with Gasteiger partial charge in [-0.25, -0.2) is 9.97 Å². The van der Waals surface area contributed by atoms with Gasteiger partial charge in [-0.15, -0.1) is 11.3 Å². The van der Waals surface area contributed by atoms with E-state index >= 15 is 0 Å². The molecule has 2 aromatic heterocycles. The second kappa shape index (κ2) is 5.84. The molecular formula is C14H19ClN4S. The Kier molecular flexibility index (Phi) is 4.10. The van der Waals surface area contributed by atoms with Gasteiger partial charge >= 0.3 is 0 Å². The third-order valence-corrected chi connectivity index (χ3v) is 4.76. The number of hydrogen-bond acceptors (Lipinski definition) is 5. The number of aromatic nitrogens is 2. The van der Waals surface area contributed by atoms with Crippen molar-refractivity contribution in [3.63, 3.8) is 0 Å². The fourth-order valence-electron chi connectivity index (χ4n) is 2.51. The number of thiophene rings is 1. The largest absolute Gasteiger partial charge is 0.368 e. The highest BCUT2D eigenvalue weighted by Crippen LogP contribution is 2.30. The minimum atomic E-state index is 0.316. The van der Waals surface area contributed by atoms with E-state index in [2.05, 4.69) is 40.1 Å². The number of fused-ring (bicyclic) bond motifs is 1. The fourth-order valence-corrected chi connectivity index (χ4v) is 3.61. The SMILES string of the molecule is CCN(CCNc1nc(Cl)nc2sc(C)cc12)C1CC1. The maximum Gasteiger partial charge on any atom is 0.225 e. The maximum atomic E-state index is 6.00. The molecule has 2 heterocycles. The zero-order valence-corrected chi connectivity index (χ0v) is 13.4. The van der Waals surface area contributed by atoms with Crippen molar-refractivity contribution in [3.8, 4) is 0 Å². The Morgan fingerprint density at radius 2 is 2.25 bits per heavy atom. The molecule has 1 N–H and O–H groups in total. The average Bonchev–Trinajstić information content (AvgIpc) is 3.17. The highest BCUT2D eigenvalue weighted by molar-refractivity contribution is 7.18. The molecule has 0 saturated heterocycles. The van der Waals surface area contributed by atoms with E-state index < -0.39 is 0 Å². The summed E-state index contributed by atoms with van der Waals surface area (Å²) in [6, 6.07) is 2.93. The van der Waals surface area contributed by atoms with E-state index in [-0.39, 0.29) is 0 Å². The molecule has 6 heteroatoms. The molecule has 0 radical (unpaired) electrons. The topological polar surface area (TPSA) is 41.0 Å². The van der Waals surface area contributed by atoms with Gasteiger partial charge in [0.25, 0.3) is 0 Å². The quantitative estimate of drug-likeness (QED) is 0.828. The van der Waals surface area contributed by atoms with Crippen molar-refractivity contribution in [1.29, 1.82) is 0 Å². The van der Waals surface area contributed by atoms with Gasteiger partial charge in [0, 0.05) is 24.0 Å². The molecule has 1 aliphatic rings. The summed E-state index contributed by atoms with van der Waals surface area (Å²) in [6.07, 6.45) is 2.70. The van der Waals surface area contributed by atoms with E-state index in [4.69, 9.17) is 11.6 Å². The summed E-state index contributed by atoms with van der Waals surface area (Å²) < 4.78 is 0. The van der Waals surface area contributed by atoms with Gasteiger partial charge in [-0.1, -0.05) is 6.92 Å². The molecule has 1 aliphatic carbocycles. The van der Waals surface area contributed by atoms with Gasteiger partial charge in [0.2, 0.25) is 5.28 Å². The summed E-state index contributed by atoms with van der Waals surface area (Å²) in [6.45, 7) is 7.36. The van der Waals surface area contributed by atoms with Crippen molar-refractivity contribution in [2.24, 2.45) is 0 Å². The van der Waals surface area contributed by atoms with Gasteiger partial charge in [0.05, 0.1) is 5.39 Å². The van der Waals surface area contributed by atoms with Crippen LogP contribution in [0.2, 0.25) is 5.28 Å². The molecule has 0 spiro atoms. The molecule has 1 saturated carbocycles. The molecule has 0 bridgehead atoms. The van der Waals surface area contributed by atoms with Gasteiger partial charge < -0.3 is 5.32 Å². The zero-order chi connectivity index (χ0) is 14.1. The van der Waals surface area contributed by atoms with Gasteiger partial charge in [-0.3, -0.25) is 4.90 Å². The fraction of sp³-hybridized carbons (Fsp3) is 0.571. The lowest BCUT2D eigenvalue weighted by atomic mass is 10.3. The van der Waals surface area contributed by atoms with Crippen molar-refractivity contribution in [1.82, 2.24) is 14.9 Å². The lowest BCUT2D eigenvalue weighted by Gasteiger charge is -2.20. The Morgan fingerprint density at radius 3 is 2.95 bits per heavy atom. The first-order valence-corrected chi connectivity index (χ1v) is 8.28. The molecule has 1 fully saturated rings. The predicted molar refractivity (Wildman–Crippen MR) is 85.9 cm³/mol. The van der Waals surface area contributed by atoms with Crippen LogP contribution in [0.3, 0.4) is 0 Å². The molecule has 2 aromatic rings. The maximum absolute atomic E-state index is 6.00. The standard InChI is InChI=1S/C14H19ClN4S/c1-3-19(10-4-5-10)7-6-16-12-11-8-9(2)20-13(11)18-14(15)17-12/h8,10H,3-7H2,1-2H3,(H,16,17,18). The monoisotopic (exact) mass is 310 g/mol.